The van der Waals surface area contributed by atoms with Crippen LogP contribution in [0, 0.1) is 5.92 Å². The first-order valence-corrected chi connectivity index (χ1v) is 8.96. The lowest BCUT2D eigenvalue weighted by Gasteiger charge is -2.20. The number of benzene rings is 1. The Bertz CT molecular complexity index is 643. The highest BCUT2D eigenvalue weighted by Crippen LogP contribution is 2.20. The Kier molecular flexibility index (Phi) is 5.61. The van der Waals surface area contributed by atoms with Crippen molar-refractivity contribution >= 4 is 21.8 Å². The Morgan fingerprint density at radius 2 is 1.96 bits per heavy atom. The van der Waals surface area contributed by atoms with Gasteiger partial charge in [0.25, 0.3) is 10.2 Å². The summed E-state index contributed by atoms with van der Waals surface area (Å²) in [4.78, 5) is 12.2. The molecule has 2 rings (SSSR count). The largest absolute Gasteiger partial charge is 0.388 e. The summed E-state index contributed by atoms with van der Waals surface area (Å²) in [6.45, 7) is 1.07. The highest BCUT2D eigenvalue weighted by Gasteiger charge is 2.35. The minimum absolute atomic E-state index is 0.0980. The molecule has 0 saturated carbocycles. The van der Waals surface area contributed by atoms with Crippen LogP contribution < -0.4 is 10.6 Å². The molecule has 1 aliphatic rings. The third-order valence-corrected chi connectivity index (χ3v) is 5.93. The van der Waals surface area contributed by atoms with Gasteiger partial charge in [0.15, 0.2) is 0 Å². The molecule has 1 fully saturated rings. The van der Waals surface area contributed by atoms with Crippen molar-refractivity contribution in [1.82, 2.24) is 13.9 Å². The van der Waals surface area contributed by atoms with Gasteiger partial charge in [0.1, 0.15) is 0 Å². The Morgan fingerprint density at radius 1 is 1.30 bits per heavy atom. The van der Waals surface area contributed by atoms with Crippen LogP contribution in [-0.2, 0) is 21.5 Å². The molecule has 0 aliphatic carbocycles. The van der Waals surface area contributed by atoms with Crippen molar-refractivity contribution in [3.05, 3.63) is 29.8 Å². The molecule has 0 radical (unpaired) electrons. The van der Waals surface area contributed by atoms with Crippen LogP contribution in [0.5, 0.6) is 0 Å². The van der Waals surface area contributed by atoms with Crippen LogP contribution in [0.1, 0.15) is 12.0 Å². The van der Waals surface area contributed by atoms with E-state index in [2.05, 4.69) is 10.6 Å². The summed E-state index contributed by atoms with van der Waals surface area (Å²) < 4.78 is 26.6. The monoisotopic (exact) mass is 340 g/mol. The number of anilines is 1. The molecule has 1 amide bonds. The molecule has 0 bridgehead atoms. The number of carbonyl (C=O) groups is 1. The summed E-state index contributed by atoms with van der Waals surface area (Å²) in [5, 5.41) is 5.92. The summed E-state index contributed by atoms with van der Waals surface area (Å²) in [7, 11) is 1.41. The van der Waals surface area contributed by atoms with Crippen LogP contribution >= 0.6 is 0 Å². The fraction of sp³-hybridized carbons (Fsp3) is 0.533. The molecule has 23 heavy (non-hydrogen) atoms. The zero-order valence-corrected chi connectivity index (χ0v) is 14.6. The van der Waals surface area contributed by atoms with Crippen molar-refractivity contribution < 1.29 is 13.2 Å². The van der Waals surface area contributed by atoms with Gasteiger partial charge in [-0.15, -0.1) is 0 Å². The maximum absolute atomic E-state index is 12.2. The first-order chi connectivity index (χ1) is 10.8. The fourth-order valence-electron chi connectivity index (χ4n) is 2.51. The molecular weight excluding hydrogens is 316 g/mol. The molecule has 0 aromatic heterocycles. The molecule has 128 valence electrons. The average molecular weight is 340 g/mol. The summed E-state index contributed by atoms with van der Waals surface area (Å²) in [6, 6.07) is 7.79. The quantitative estimate of drug-likeness (QED) is 0.789. The van der Waals surface area contributed by atoms with Crippen molar-refractivity contribution in [2.24, 2.45) is 5.92 Å². The Morgan fingerprint density at radius 3 is 2.52 bits per heavy atom. The summed E-state index contributed by atoms with van der Waals surface area (Å²) >= 11 is 0. The van der Waals surface area contributed by atoms with Gasteiger partial charge in [-0.3, -0.25) is 4.79 Å². The van der Waals surface area contributed by atoms with Gasteiger partial charge >= 0.3 is 0 Å². The molecule has 1 aliphatic heterocycles. The van der Waals surface area contributed by atoms with Crippen molar-refractivity contribution in [2.75, 3.05) is 39.5 Å². The van der Waals surface area contributed by atoms with Gasteiger partial charge in [-0.2, -0.15) is 17.0 Å². The Balaban J connectivity index is 1.87. The molecular formula is C15H24N4O3S. The van der Waals surface area contributed by atoms with Crippen LogP contribution in [0.25, 0.3) is 0 Å². The number of hydrogen-bond acceptors (Lipinski definition) is 4. The molecule has 1 atom stereocenters. The Hall–Kier alpha value is -1.64. The first-order valence-electron chi connectivity index (χ1n) is 7.56. The maximum Gasteiger partial charge on any atom is 0.281 e. The van der Waals surface area contributed by atoms with Crippen LogP contribution in [-0.4, -0.2) is 57.2 Å². The number of carbonyl (C=O) groups excluding carboxylic acids is 1. The number of rotatable bonds is 6. The summed E-state index contributed by atoms with van der Waals surface area (Å²) in [6.07, 6.45) is 0.553. The summed E-state index contributed by atoms with van der Waals surface area (Å²) in [5.74, 6) is -0.388. The molecule has 2 N–H and O–H groups in total. The van der Waals surface area contributed by atoms with Gasteiger partial charge in [0, 0.05) is 46.5 Å². The SMILES string of the molecule is CNc1ccc(CNC(=O)C2CCN(S(=O)(=O)N(C)C)C2)cc1. The third-order valence-electron chi connectivity index (χ3n) is 4.02. The van der Waals surface area contributed by atoms with Crippen LogP contribution in [0.2, 0.25) is 0 Å². The molecule has 1 aromatic carbocycles. The van der Waals surface area contributed by atoms with E-state index in [9.17, 15) is 13.2 Å². The van der Waals surface area contributed by atoms with Gasteiger partial charge in [-0.05, 0) is 24.1 Å². The minimum atomic E-state index is -3.44. The van der Waals surface area contributed by atoms with E-state index in [1.165, 1.54) is 22.7 Å². The van der Waals surface area contributed by atoms with E-state index >= 15 is 0 Å². The van der Waals surface area contributed by atoms with E-state index in [0.29, 0.717) is 19.5 Å². The van der Waals surface area contributed by atoms with E-state index in [4.69, 9.17) is 0 Å². The van der Waals surface area contributed by atoms with Crippen LogP contribution in [0.15, 0.2) is 24.3 Å². The zero-order valence-electron chi connectivity index (χ0n) is 13.7. The lowest BCUT2D eigenvalue weighted by atomic mass is 10.1. The lowest BCUT2D eigenvalue weighted by molar-refractivity contribution is -0.124. The minimum Gasteiger partial charge on any atom is -0.388 e. The molecule has 7 nitrogen and oxygen atoms in total. The predicted molar refractivity (Wildman–Crippen MR) is 90.1 cm³/mol. The topological polar surface area (TPSA) is 81.7 Å². The second-order valence-electron chi connectivity index (χ2n) is 5.80. The molecule has 0 spiro atoms. The van der Waals surface area contributed by atoms with Gasteiger partial charge in [0.05, 0.1) is 5.92 Å². The van der Waals surface area contributed by atoms with E-state index in [1.807, 2.05) is 31.3 Å². The second-order valence-corrected chi connectivity index (χ2v) is 7.94. The van der Waals surface area contributed by atoms with E-state index in [-0.39, 0.29) is 18.4 Å². The van der Waals surface area contributed by atoms with E-state index < -0.39 is 10.2 Å². The summed E-state index contributed by atoms with van der Waals surface area (Å²) in [5.41, 5.74) is 2.02. The van der Waals surface area contributed by atoms with Crippen molar-refractivity contribution in [3.8, 4) is 0 Å². The standard InChI is InChI=1S/C15H24N4O3S/c1-16-14-6-4-12(5-7-14)10-17-15(20)13-8-9-19(11-13)23(21,22)18(2)3/h4-7,13,16H,8-11H2,1-3H3,(H,17,20). The smallest absolute Gasteiger partial charge is 0.281 e. The molecule has 1 aromatic rings. The highest BCUT2D eigenvalue weighted by atomic mass is 32.2. The second kappa shape index (κ2) is 7.29. The molecule has 8 heteroatoms. The number of nitrogens with one attached hydrogen (secondary N) is 2. The molecule has 1 saturated heterocycles. The molecule has 1 heterocycles. The maximum atomic E-state index is 12.2. The normalized spacial score (nSPS) is 19.0. The highest BCUT2D eigenvalue weighted by molar-refractivity contribution is 7.86. The van der Waals surface area contributed by atoms with Gasteiger partial charge in [-0.1, -0.05) is 12.1 Å². The number of amides is 1. The zero-order chi connectivity index (χ0) is 17.0. The van der Waals surface area contributed by atoms with Crippen LogP contribution in [0.3, 0.4) is 0 Å². The average Bonchev–Trinajstić information content (AvgIpc) is 3.03. The van der Waals surface area contributed by atoms with Crippen molar-refractivity contribution in [3.63, 3.8) is 0 Å². The van der Waals surface area contributed by atoms with Crippen molar-refractivity contribution in [2.45, 2.75) is 13.0 Å². The number of nitrogens with zero attached hydrogens (tertiary/aromatic N) is 2. The van der Waals surface area contributed by atoms with Crippen LogP contribution in [0.4, 0.5) is 5.69 Å². The Labute approximate surface area is 137 Å². The fourth-order valence-corrected chi connectivity index (χ4v) is 3.67. The van der Waals surface area contributed by atoms with Crippen molar-refractivity contribution in [1.29, 1.82) is 0 Å². The van der Waals surface area contributed by atoms with E-state index in [0.717, 1.165) is 11.3 Å². The van der Waals surface area contributed by atoms with Gasteiger partial charge in [0.2, 0.25) is 5.91 Å². The third kappa shape index (κ3) is 4.21. The molecule has 1 unspecified atom stereocenters. The number of hydrogen-bond donors (Lipinski definition) is 2. The lowest BCUT2D eigenvalue weighted by Crippen LogP contribution is -2.40. The van der Waals surface area contributed by atoms with Gasteiger partial charge in [-0.25, -0.2) is 0 Å². The van der Waals surface area contributed by atoms with E-state index in [1.54, 1.807) is 0 Å². The first kappa shape index (κ1) is 17.7. The van der Waals surface area contributed by atoms with Gasteiger partial charge < -0.3 is 10.6 Å². The predicted octanol–water partition coefficient (Wildman–Crippen LogP) is 0.473.